The molecule has 2 aromatic heterocycles. The second-order valence-electron chi connectivity index (χ2n) is 5.03. The molecule has 0 unspecified atom stereocenters. The summed E-state index contributed by atoms with van der Waals surface area (Å²) >= 11 is 0. The first-order valence-corrected chi connectivity index (χ1v) is 8.07. The molecule has 1 aliphatic heterocycles. The van der Waals surface area contributed by atoms with Crippen molar-refractivity contribution in [1.29, 1.82) is 0 Å². The summed E-state index contributed by atoms with van der Waals surface area (Å²) in [6, 6.07) is 0. The molecule has 0 aromatic carbocycles. The van der Waals surface area contributed by atoms with E-state index in [0.29, 0.717) is 0 Å². The lowest BCUT2D eigenvalue weighted by Crippen LogP contribution is -2.33. The number of nitrogens with zero attached hydrogens (tertiary/aromatic N) is 4. The summed E-state index contributed by atoms with van der Waals surface area (Å²) in [6.07, 6.45) is -5.46. The Labute approximate surface area is 132 Å². The quantitative estimate of drug-likeness (QED) is 0.306. The molecule has 0 saturated carbocycles. The van der Waals surface area contributed by atoms with E-state index in [-0.39, 0.29) is 17.0 Å². The maximum Gasteiger partial charge on any atom is 0.469 e. The van der Waals surface area contributed by atoms with Crippen molar-refractivity contribution in [2.45, 2.75) is 24.5 Å². The molecule has 14 heteroatoms. The first-order chi connectivity index (χ1) is 11.2. The van der Waals surface area contributed by atoms with E-state index in [1.165, 1.54) is 0 Å². The summed E-state index contributed by atoms with van der Waals surface area (Å²) in [7, 11) is -4.78. The Morgan fingerprint density at radius 3 is 2.75 bits per heavy atom. The summed E-state index contributed by atoms with van der Waals surface area (Å²) in [5.41, 5.74) is 5.52. The van der Waals surface area contributed by atoms with Crippen molar-refractivity contribution in [2.24, 2.45) is 0 Å². The lowest BCUT2D eigenvalue weighted by molar-refractivity contribution is -0.0504. The number of ether oxygens (including phenoxy) is 1. The molecule has 0 bridgehead atoms. The summed E-state index contributed by atoms with van der Waals surface area (Å²) in [5.74, 6) is -0.217. The van der Waals surface area contributed by atoms with Gasteiger partial charge in [-0.25, -0.2) is 9.55 Å². The topological polar surface area (TPSA) is 186 Å². The maximum absolute atomic E-state index is 13.3. The molecule has 12 nitrogen and oxygen atoms in total. The van der Waals surface area contributed by atoms with E-state index in [4.69, 9.17) is 20.3 Å². The number of hydrogen-bond acceptors (Lipinski definition) is 9. The van der Waals surface area contributed by atoms with Gasteiger partial charge in [0.15, 0.2) is 23.2 Å². The number of fused-ring (bicyclic) bond motifs is 1. The standard InChI is InChI=1S/C10H13FN5O7P/c11-10-14-7(12)4-8(15-10)16(2-13-4)9-6(18)5(17)3(23-9)1-22-24(19,20)21/h2-3,5-6,9,17-18H,1H2,(H2,12,14,15)(H2,19,20,21)/t3-,5-,6-,9-/m1/s1. The average molecular weight is 365 g/mol. The van der Waals surface area contributed by atoms with Crippen LogP contribution >= 0.6 is 7.82 Å². The fourth-order valence-electron chi connectivity index (χ4n) is 2.36. The highest BCUT2D eigenvalue weighted by atomic mass is 31.2. The number of rotatable bonds is 4. The molecule has 0 radical (unpaired) electrons. The highest BCUT2D eigenvalue weighted by molar-refractivity contribution is 7.46. The zero-order chi connectivity index (χ0) is 17.6. The molecule has 0 aliphatic carbocycles. The van der Waals surface area contributed by atoms with Crippen molar-refractivity contribution in [2.75, 3.05) is 12.3 Å². The molecule has 132 valence electrons. The molecule has 0 spiro atoms. The van der Waals surface area contributed by atoms with Gasteiger partial charge in [0.2, 0.25) is 0 Å². The van der Waals surface area contributed by atoms with E-state index in [0.717, 1.165) is 10.9 Å². The Morgan fingerprint density at radius 1 is 1.38 bits per heavy atom. The number of nitrogens with two attached hydrogens (primary N) is 1. The second-order valence-corrected chi connectivity index (χ2v) is 6.27. The minimum absolute atomic E-state index is 0.0663. The molecule has 3 rings (SSSR count). The van der Waals surface area contributed by atoms with Crippen LogP contribution in [0.15, 0.2) is 6.33 Å². The number of aliphatic hydroxyl groups is 2. The van der Waals surface area contributed by atoms with Gasteiger partial charge in [0, 0.05) is 0 Å². The van der Waals surface area contributed by atoms with Crippen LogP contribution < -0.4 is 5.73 Å². The van der Waals surface area contributed by atoms with E-state index in [2.05, 4.69) is 19.5 Å². The third kappa shape index (κ3) is 3.10. The Kier molecular flexibility index (Phi) is 4.25. The van der Waals surface area contributed by atoms with Crippen LogP contribution in [0.2, 0.25) is 0 Å². The molecule has 4 atom stereocenters. The lowest BCUT2D eigenvalue weighted by Gasteiger charge is -2.16. The van der Waals surface area contributed by atoms with Gasteiger partial charge in [0.1, 0.15) is 18.3 Å². The zero-order valence-electron chi connectivity index (χ0n) is 11.8. The molecule has 0 amide bonds. The van der Waals surface area contributed by atoms with Crippen molar-refractivity contribution in [1.82, 2.24) is 19.5 Å². The van der Waals surface area contributed by atoms with Gasteiger partial charge in [-0.05, 0) is 0 Å². The van der Waals surface area contributed by atoms with Gasteiger partial charge in [0.25, 0.3) is 0 Å². The van der Waals surface area contributed by atoms with E-state index in [1.807, 2.05) is 0 Å². The highest BCUT2D eigenvalue weighted by Gasteiger charge is 2.45. The number of aromatic nitrogens is 4. The normalized spacial score (nSPS) is 27.9. The predicted octanol–water partition coefficient (Wildman–Crippen LogP) is -1.72. The van der Waals surface area contributed by atoms with E-state index in [1.54, 1.807) is 0 Å². The summed E-state index contributed by atoms with van der Waals surface area (Å²) in [6.45, 7) is -0.670. The number of phosphoric ester groups is 1. The Balaban J connectivity index is 1.89. The molecule has 3 heterocycles. The summed E-state index contributed by atoms with van der Waals surface area (Å²) in [4.78, 5) is 28.1. The number of imidazole rings is 1. The molecular weight excluding hydrogens is 352 g/mol. The Hall–Kier alpha value is -1.73. The minimum Gasteiger partial charge on any atom is -0.387 e. The largest absolute Gasteiger partial charge is 0.469 e. The van der Waals surface area contributed by atoms with Crippen LogP contribution in [-0.2, 0) is 13.8 Å². The van der Waals surface area contributed by atoms with Crippen molar-refractivity contribution >= 4 is 24.8 Å². The van der Waals surface area contributed by atoms with Crippen molar-refractivity contribution < 1.29 is 38.2 Å². The summed E-state index contributed by atoms with van der Waals surface area (Å²) < 4.78 is 34.8. The number of hydrogen-bond donors (Lipinski definition) is 5. The molecule has 1 saturated heterocycles. The Morgan fingerprint density at radius 2 is 2.08 bits per heavy atom. The Bertz CT molecular complexity index is 812. The zero-order valence-corrected chi connectivity index (χ0v) is 12.7. The average Bonchev–Trinajstić information content (AvgIpc) is 3.00. The van der Waals surface area contributed by atoms with Crippen LogP contribution in [0, 0.1) is 6.08 Å². The van der Waals surface area contributed by atoms with E-state index < -0.39 is 45.0 Å². The predicted molar refractivity (Wildman–Crippen MR) is 73.6 cm³/mol. The highest BCUT2D eigenvalue weighted by Crippen LogP contribution is 2.38. The van der Waals surface area contributed by atoms with E-state index in [9.17, 15) is 19.2 Å². The first-order valence-electron chi connectivity index (χ1n) is 6.54. The number of anilines is 1. The van der Waals surface area contributed by atoms with Crippen LogP contribution in [0.25, 0.3) is 11.2 Å². The van der Waals surface area contributed by atoms with Crippen LogP contribution in [-0.4, -0.2) is 64.4 Å². The van der Waals surface area contributed by atoms with Gasteiger partial charge in [-0.1, -0.05) is 0 Å². The minimum atomic E-state index is -4.78. The van der Waals surface area contributed by atoms with Gasteiger partial charge >= 0.3 is 13.9 Å². The van der Waals surface area contributed by atoms with Gasteiger partial charge < -0.3 is 30.5 Å². The number of nitrogen functional groups attached to an aromatic ring is 1. The fourth-order valence-corrected chi connectivity index (χ4v) is 2.71. The van der Waals surface area contributed by atoms with Crippen LogP contribution in [0.1, 0.15) is 6.23 Å². The second kappa shape index (κ2) is 5.97. The maximum atomic E-state index is 13.3. The van der Waals surface area contributed by atoms with Crippen LogP contribution in [0.5, 0.6) is 0 Å². The monoisotopic (exact) mass is 365 g/mol. The van der Waals surface area contributed by atoms with Gasteiger partial charge in [-0.15, -0.1) is 0 Å². The molecule has 1 aliphatic rings. The molecule has 1 fully saturated rings. The number of halogens is 1. The van der Waals surface area contributed by atoms with E-state index >= 15 is 0 Å². The fraction of sp³-hybridized carbons (Fsp3) is 0.500. The van der Waals surface area contributed by atoms with Crippen molar-refractivity contribution in [3.05, 3.63) is 12.4 Å². The number of aliphatic hydroxyl groups excluding tert-OH is 2. The first kappa shape index (κ1) is 17.1. The SMILES string of the molecule is Nc1nc(F)nc2c1ncn2[C@@H]1O[C@H](COP(=O)(O)O)[C@@H](O)[C@H]1O. The van der Waals surface area contributed by atoms with Crippen molar-refractivity contribution in [3.63, 3.8) is 0 Å². The van der Waals surface area contributed by atoms with Crippen molar-refractivity contribution in [3.8, 4) is 0 Å². The van der Waals surface area contributed by atoms with Crippen LogP contribution in [0.4, 0.5) is 10.2 Å². The summed E-state index contributed by atoms with van der Waals surface area (Å²) in [5, 5.41) is 20.0. The van der Waals surface area contributed by atoms with Gasteiger partial charge in [-0.3, -0.25) is 9.09 Å². The molecular formula is C10H13FN5O7P. The third-order valence-corrected chi connectivity index (χ3v) is 3.92. The van der Waals surface area contributed by atoms with Gasteiger partial charge in [-0.2, -0.15) is 14.4 Å². The number of phosphoric acid groups is 1. The molecule has 2 aromatic rings. The van der Waals surface area contributed by atoms with Gasteiger partial charge in [0.05, 0.1) is 12.9 Å². The van der Waals surface area contributed by atoms with Crippen LogP contribution in [0.3, 0.4) is 0 Å². The molecule has 24 heavy (non-hydrogen) atoms. The molecule has 6 N–H and O–H groups in total. The third-order valence-electron chi connectivity index (χ3n) is 3.44. The smallest absolute Gasteiger partial charge is 0.387 e. The lowest BCUT2D eigenvalue weighted by atomic mass is 10.1.